The summed E-state index contributed by atoms with van der Waals surface area (Å²) >= 11 is 0. The van der Waals surface area contributed by atoms with Crippen molar-refractivity contribution in [3.63, 3.8) is 0 Å². The molecule has 1 atom stereocenters. The molecule has 5 heteroatoms. The number of rotatable bonds is 4. The summed E-state index contributed by atoms with van der Waals surface area (Å²) in [7, 11) is 0. The van der Waals surface area contributed by atoms with E-state index in [4.69, 9.17) is 5.73 Å². The minimum atomic E-state index is 0.429. The molecule has 3 rings (SSSR count). The standard InChI is InChI=1S/C17H29N5/c1-12(2)9-14-11-22(8-7-19-14)16-10-15(20-17(18)21-16)13-5-3-4-6-13/h10,12-14,19H,3-9,11H2,1-2H3,(H2,18,20,21)/t14-/m0/s1. The number of aromatic nitrogens is 2. The zero-order valence-corrected chi connectivity index (χ0v) is 13.9. The van der Waals surface area contributed by atoms with Gasteiger partial charge in [-0.15, -0.1) is 0 Å². The third-order valence-corrected chi connectivity index (χ3v) is 4.86. The zero-order valence-electron chi connectivity index (χ0n) is 13.9. The van der Waals surface area contributed by atoms with Crippen LogP contribution in [0.15, 0.2) is 6.07 Å². The van der Waals surface area contributed by atoms with Gasteiger partial charge in [-0.2, -0.15) is 4.98 Å². The molecule has 0 radical (unpaired) electrons. The largest absolute Gasteiger partial charge is 0.368 e. The van der Waals surface area contributed by atoms with Crippen LogP contribution in [0.4, 0.5) is 11.8 Å². The number of hydrogen-bond donors (Lipinski definition) is 2. The van der Waals surface area contributed by atoms with Crippen molar-refractivity contribution < 1.29 is 0 Å². The number of nitrogen functional groups attached to an aromatic ring is 1. The molecule has 122 valence electrons. The van der Waals surface area contributed by atoms with Crippen molar-refractivity contribution in [3.8, 4) is 0 Å². The molecule has 0 aromatic carbocycles. The molecule has 0 bridgehead atoms. The van der Waals surface area contributed by atoms with Crippen LogP contribution in [-0.2, 0) is 0 Å². The predicted molar refractivity (Wildman–Crippen MR) is 91.1 cm³/mol. The van der Waals surface area contributed by atoms with Crippen LogP contribution in [0.2, 0.25) is 0 Å². The summed E-state index contributed by atoms with van der Waals surface area (Å²) in [6.07, 6.45) is 6.31. The SMILES string of the molecule is CC(C)C[C@H]1CN(c2cc(C3CCCC3)nc(N)n2)CCN1. The van der Waals surface area contributed by atoms with Crippen LogP contribution in [0.5, 0.6) is 0 Å². The first-order valence-electron chi connectivity index (χ1n) is 8.74. The van der Waals surface area contributed by atoms with E-state index in [0.717, 1.165) is 31.1 Å². The second-order valence-corrected chi connectivity index (χ2v) is 7.22. The molecule has 2 fully saturated rings. The first-order valence-corrected chi connectivity index (χ1v) is 8.74. The normalized spacial score (nSPS) is 23.4. The van der Waals surface area contributed by atoms with Crippen LogP contribution in [-0.4, -0.2) is 35.6 Å². The minimum absolute atomic E-state index is 0.429. The summed E-state index contributed by atoms with van der Waals surface area (Å²) < 4.78 is 0. The van der Waals surface area contributed by atoms with Crippen LogP contribution in [0.3, 0.4) is 0 Å². The first kappa shape index (κ1) is 15.5. The smallest absolute Gasteiger partial charge is 0.222 e. The molecule has 0 amide bonds. The molecule has 3 N–H and O–H groups in total. The molecule has 2 aliphatic rings. The lowest BCUT2D eigenvalue weighted by atomic mass is 10.0. The van der Waals surface area contributed by atoms with Crippen molar-refractivity contribution in [2.45, 2.75) is 57.9 Å². The van der Waals surface area contributed by atoms with Gasteiger partial charge in [-0.1, -0.05) is 26.7 Å². The van der Waals surface area contributed by atoms with Gasteiger partial charge in [-0.25, -0.2) is 4.98 Å². The third kappa shape index (κ3) is 3.69. The number of nitrogens with two attached hydrogens (primary N) is 1. The van der Waals surface area contributed by atoms with Gasteiger partial charge in [0.05, 0.1) is 5.69 Å². The number of piperazine rings is 1. The van der Waals surface area contributed by atoms with Gasteiger partial charge in [0.25, 0.3) is 0 Å². The van der Waals surface area contributed by atoms with Crippen LogP contribution in [0.1, 0.15) is 57.6 Å². The van der Waals surface area contributed by atoms with E-state index in [0.29, 0.717) is 23.8 Å². The van der Waals surface area contributed by atoms with Crippen LogP contribution in [0.25, 0.3) is 0 Å². The number of nitrogens with one attached hydrogen (secondary N) is 1. The van der Waals surface area contributed by atoms with Gasteiger partial charge in [0, 0.05) is 37.7 Å². The van der Waals surface area contributed by atoms with E-state index in [1.807, 2.05) is 0 Å². The highest BCUT2D eigenvalue weighted by atomic mass is 15.3. The molecular formula is C17H29N5. The Balaban J connectivity index is 1.75. The lowest BCUT2D eigenvalue weighted by molar-refractivity contribution is 0.387. The monoisotopic (exact) mass is 303 g/mol. The molecule has 2 heterocycles. The van der Waals surface area contributed by atoms with E-state index in [-0.39, 0.29) is 0 Å². The summed E-state index contributed by atoms with van der Waals surface area (Å²) in [5.74, 6) is 2.74. The fraction of sp³-hybridized carbons (Fsp3) is 0.765. The Morgan fingerprint density at radius 3 is 2.82 bits per heavy atom. The Hall–Kier alpha value is -1.36. The quantitative estimate of drug-likeness (QED) is 0.895. The summed E-state index contributed by atoms with van der Waals surface area (Å²) in [6, 6.07) is 2.73. The molecule has 0 unspecified atom stereocenters. The van der Waals surface area contributed by atoms with Gasteiger partial charge in [0.15, 0.2) is 0 Å². The van der Waals surface area contributed by atoms with Crippen molar-refractivity contribution in [3.05, 3.63) is 11.8 Å². The van der Waals surface area contributed by atoms with Crippen LogP contribution in [0, 0.1) is 5.92 Å². The Labute approximate surface area is 133 Å². The average Bonchev–Trinajstić information content (AvgIpc) is 3.00. The maximum Gasteiger partial charge on any atom is 0.222 e. The summed E-state index contributed by atoms with van der Waals surface area (Å²) in [6.45, 7) is 7.58. The second-order valence-electron chi connectivity index (χ2n) is 7.22. The van der Waals surface area contributed by atoms with Gasteiger partial charge >= 0.3 is 0 Å². The molecule has 22 heavy (non-hydrogen) atoms. The Morgan fingerprint density at radius 1 is 1.32 bits per heavy atom. The molecule has 1 saturated carbocycles. The van der Waals surface area contributed by atoms with E-state index in [2.05, 4.69) is 40.1 Å². The molecule has 1 aliphatic carbocycles. The molecule has 1 aliphatic heterocycles. The van der Waals surface area contributed by atoms with Crippen molar-refractivity contribution in [2.75, 3.05) is 30.3 Å². The Kier molecular flexibility index (Phi) is 4.81. The maximum absolute atomic E-state index is 5.98. The highest BCUT2D eigenvalue weighted by Crippen LogP contribution is 2.34. The fourth-order valence-electron chi connectivity index (χ4n) is 3.82. The lowest BCUT2D eigenvalue weighted by Crippen LogP contribution is -2.51. The van der Waals surface area contributed by atoms with Crippen LogP contribution < -0.4 is 16.0 Å². The maximum atomic E-state index is 5.98. The molecule has 1 aromatic rings. The lowest BCUT2D eigenvalue weighted by Gasteiger charge is -2.35. The van der Waals surface area contributed by atoms with E-state index >= 15 is 0 Å². The number of anilines is 2. The molecule has 1 saturated heterocycles. The Bertz CT molecular complexity index is 496. The van der Waals surface area contributed by atoms with E-state index in [1.54, 1.807) is 0 Å². The van der Waals surface area contributed by atoms with Crippen molar-refractivity contribution in [2.24, 2.45) is 5.92 Å². The van der Waals surface area contributed by atoms with E-state index in [1.165, 1.54) is 32.1 Å². The zero-order chi connectivity index (χ0) is 15.5. The second kappa shape index (κ2) is 6.82. The molecule has 0 spiro atoms. The third-order valence-electron chi connectivity index (χ3n) is 4.86. The molecule has 5 nitrogen and oxygen atoms in total. The van der Waals surface area contributed by atoms with Gasteiger partial charge in [-0.05, 0) is 25.2 Å². The predicted octanol–water partition coefficient (Wildman–Crippen LogP) is 2.54. The first-order chi connectivity index (χ1) is 10.6. The van der Waals surface area contributed by atoms with Gasteiger partial charge in [0.2, 0.25) is 5.95 Å². The highest BCUT2D eigenvalue weighted by molar-refractivity contribution is 5.45. The molecule has 1 aromatic heterocycles. The minimum Gasteiger partial charge on any atom is -0.368 e. The van der Waals surface area contributed by atoms with Crippen molar-refractivity contribution in [1.82, 2.24) is 15.3 Å². The van der Waals surface area contributed by atoms with Gasteiger partial charge < -0.3 is 16.0 Å². The summed E-state index contributed by atoms with van der Waals surface area (Å²) in [4.78, 5) is 11.4. The highest BCUT2D eigenvalue weighted by Gasteiger charge is 2.24. The van der Waals surface area contributed by atoms with Crippen molar-refractivity contribution in [1.29, 1.82) is 0 Å². The number of nitrogens with zero attached hydrogens (tertiary/aromatic N) is 3. The topological polar surface area (TPSA) is 67.1 Å². The number of hydrogen-bond acceptors (Lipinski definition) is 5. The average molecular weight is 303 g/mol. The fourth-order valence-corrected chi connectivity index (χ4v) is 3.82. The van der Waals surface area contributed by atoms with Gasteiger partial charge in [0.1, 0.15) is 5.82 Å². The Morgan fingerprint density at radius 2 is 2.09 bits per heavy atom. The van der Waals surface area contributed by atoms with E-state index < -0.39 is 0 Å². The van der Waals surface area contributed by atoms with Gasteiger partial charge in [-0.3, -0.25) is 0 Å². The molecular weight excluding hydrogens is 274 g/mol. The van der Waals surface area contributed by atoms with Crippen molar-refractivity contribution >= 4 is 11.8 Å². The van der Waals surface area contributed by atoms with E-state index in [9.17, 15) is 0 Å². The van der Waals surface area contributed by atoms with Crippen LogP contribution >= 0.6 is 0 Å². The summed E-state index contributed by atoms with van der Waals surface area (Å²) in [5.41, 5.74) is 7.14. The summed E-state index contributed by atoms with van der Waals surface area (Å²) in [5, 5.41) is 3.62.